The van der Waals surface area contributed by atoms with Gasteiger partial charge in [-0.2, -0.15) is 0 Å². The molecule has 3 aliphatic rings. The van der Waals surface area contributed by atoms with Crippen LogP contribution < -0.4 is 4.90 Å². The number of carbonyl (C=O) groups excluding carboxylic acids is 3. The molecule has 2 aromatic rings. The lowest BCUT2D eigenvalue weighted by atomic mass is 9.75. The van der Waals surface area contributed by atoms with Gasteiger partial charge in [-0.3, -0.25) is 9.59 Å². The van der Waals surface area contributed by atoms with E-state index in [4.69, 9.17) is 16.3 Å². The zero-order chi connectivity index (χ0) is 24.7. The van der Waals surface area contributed by atoms with Gasteiger partial charge in [0.15, 0.2) is 0 Å². The third-order valence-corrected chi connectivity index (χ3v) is 9.27. The minimum atomic E-state index is -0.498. The van der Waals surface area contributed by atoms with E-state index in [-0.39, 0.29) is 11.8 Å². The number of hydrogen-bond acceptors (Lipinski definition) is 6. The molecule has 0 saturated carbocycles. The second kappa shape index (κ2) is 9.72. The molecule has 2 aromatic carbocycles. The molecule has 0 aromatic heterocycles. The maximum Gasteiger partial charge on any atom is 0.334 e. The van der Waals surface area contributed by atoms with Crippen molar-refractivity contribution in [2.75, 3.05) is 23.5 Å². The number of ether oxygens (including phenoxy) is 1. The number of hydrogen-bond donors (Lipinski definition) is 0. The SMILES string of the molecule is COC(=O)C1=CC2=C(C[C@@H]1c1ccc(Cl)cc1)C(=C1SCCS1)C(=O)N(c1ccc(C)cc1)C2=O. The van der Waals surface area contributed by atoms with E-state index in [1.54, 1.807) is 53.9 Å². The highest BCUT2D eigenvalue weighted by molar-refractivity contribution is 8.25. The maximum absolute atomic E-state index is 13.9. The van der Waals surface area contributed by atoms with Gasteiger partial charge in [0.05, 0.1) is 22.6 Å². The normalized spacial score (nSPS) is 20.3. The molecular formula is C27H22ClNO4S2. The molecule has 8 heteroatoms. The number of thioether (sulfide) groups is 2. The Morgan fingerprint density at radius 1 is 1.00 bits per heavy atom. The lowest BCUT2D eigenvalue weighted by Crippen LogP contribution is -2.44. The monoisotopic (exact) mass is 523 g/mol. The zero-order valence-electron chi connectivity index (χ0n) is 19.2. The molecule has 0 N–H and O–H groups in total. The van der Waals surface area contributed by atoms with Crippen molar-refractivity contribution >= 4 is 58.6 Å². The predicted molar refractivity (Wildman–Crippen MR) is 142 cm³/mol. The Balaban J connectivity index is 1.70. The Kier molecular flexibility index (Phi) is 6.66. The van der Waals surface area contributed by atoms with Gasteiger partial charge in [-0.25, -0.2) is 9.69 Å². The van der Waals surface area contributed by atoms with Crippen LogP contribution in [0.2, 0.25) is 5.02 Å². The quantitative estimate of drug-likeness (QED) is 0.288. The molecule has 0 radical (unpaired) electrons. The average molecular weight is 524 g/mol. The third kappa shape index (κ3) is 4.37. The molecule has 2 heterocycles. The summed E-state index contributed by atoms with van der Waals surface area (Å²) in [5.74, 6) is 0.198. The van der Waals surface area contributed by atoms with Crippen molar-refractivity contribution in [3.05, 3.63) is 97.3 Å². The number of anilines is 1. The molecule has 178 valence electrons. The molecule has 1 atom stereocenters. The summed E-state index contributed by atoms with van der Waals surface area (Å²) in [5, 5.41) is 0.589. The number of esters is 1. The first kappa shape index (κ1) is 24.0. The number of carbonyl (C=O) groups is 3. The van der Waals surface area contributed by atoms with E-state index in [9.17, 15) is 14.4 Å². The van der Waals surface area contributed by atoms with E-state index in [0.717, 1.165) is 26.9 Å². The van der Waals surface area contributed by atoms with E-state index < -0.39 is 11.9 Å². The minimum absolute atomic E-state index is 0.320. The van der Waals surface area contributed by atoms with Crippen LogP contribution in [0, 0.1) is 6.92 Å². The third-order valence-electron chi connectivity index (χ3n) is 6.30. The van der Waals surface area contributed by atoms with Crippen molar-refractivity contribution < 1.29 is 19.1 Å². The van der Waals surface area contributed by atoms with Gasteiger partial charge < -0.3 is 4.74 Å². The summed E-state index contributed by atoms with van der Waals surface area (Å²) in [7, 11) is 1.33. The van der Waals surface area contributed by atoms with Crippen molar-refractivity contribution in [2.45, 2.75) is 19.3 Å². The summed E-state index contributed by atoms with van der Waals surface area (Å²) in [6.07, 6.45) is 1.96. The number of aryl methyl sites for hydroxylation is 1. The van der Waals surface area contributed by atoms with Gasteiger partial charge in [-0.05, 0) is 54.8 Å². The van der Waals surface area contributed by atoms with Crippen LogP contribution in [0.15, 0.2) is 81.1 Å². The summed E-state index contributed by atoms with van der Waals surface area (Å²) in [5.41, 5.74) is 4.41. The molecule has 1 aliphatic carbocycles. The highest BCUT2D eigenvalue weighted by Gasteiger charge is 2.43. The minimum Gasteiger partial charge on any atom is -0.466 e. The van der Waals surface area contributed by atoms with Crippen LogP contribution in [0.1, 0.15) is 23.5 Å². The maximum atomic E-state index is 13.9. The van der Waals surface area contributed by atoms with Crippen molar-refractivity contribution in [1.29, 1.82) is 0 Å². The van der Waals surface area contributed by atoms with E-state index >= 15 is 0 Å². The molecular weight excluding hydrogens is 502 g/mol. The fourth-order valence-electron chi connectivity index (χ4n) is 4.55. The van der Waals surface area contributed by atoms with Gasteiger partial charge in [0, 0.05) is 33.6 Å². The number of methoxy groups -OCH3 is 1. The van der Waals surface area contributed by atoms with Gasteiger partial charge in [-0.15, -0.1) is 23.5 Å². The fourth-order valence-corrected chi connectivity index (χ4v) is 7.26. The Hall–Kier alpha value is -2.74. The number of amides is 2. The molecule has 1 fully saturated rings. The van der Waals surface area contributed by atoms with Gasteiger partial charge in [-0.1, -0.05) is 41.4 Å². The second-order valence-corrected chi connectivity index (χ2v) is 11.3. The Morgan fingerprint density at radius 3 is 2.29 bits per heavy atom. The summed E-state index contributed by atoms with van der Waals surface area (Å²) in [4.78, 5) is 41.7. The van der Waals surface area contributed by atoms with Crippen LogP contribution in [0.3, 0.4) is 0 Å². The van der Waals surface area contributed by atoms with Gasteiger partial charge in [0.25, 0.3) is 11.8 Å². The highest BCUT2D eigenvalue weighted by Crippen LogP contribution is 2.49. The predicted octanol–water partition coefficient (Wildman–Crippen LogP) is 5.80. The van der Waals surface area contributed by atoms with Crippen LogP contribution in [0.5, 0.6) is 0 Å². The molecule has 5 nitrogen and oxygen atoms in total. The molecule has 1 saturated heterocycles. The first-order valence-corrected chi connectivity index (χ1v) is 13.5. The number of benzene rings is 2. The van der Waals surface area contributed by atoms with E-state index in [1.165, 1.54) is 12.0 Å². The Bertz CT molecular complexity index is 1320. The largest absolute Gasteiger partial charge is 0.466 e. The number of imide groups is 1. The standard InChI is InChI=1S/C27H22ClNO4S2/c1-15-3-9-18(10-4-15)29-24(30)21-14-22(26(32)33-2)19(16-5-7-17(28)8-6-16)13-20(21)23(25(29)31)27-34-11-12-35-27/h3-10,14,19H,11-13H2,1-2H3/t19-/m1/s1. The van der Waals surface area contributed by atoms with Gasteiger partial charge in [0.2, 0.25) is 0 Å². The highest BCUT2D eigenvalue weighted by atomic mass is 35.5. The molecule has 0 bridgehead atoms. The zero-order valence-corrected chi connectivity index (χ0v) is 21.6. The van der Waals surface area contributed by atoms with Gasteiger partial charge in [0.1, 0.15) is 0 Å². The molecule has 2 amide bonds. The van der Waals surface area contributed by atoms with Crippen LogP contribution >= 0.6 is 35.1 Å². The van der Waals surface area contributed by atoms with Crippen molar-refractivity contribution in [3.63, 3.8) is 0 Å². The van der Waals surface area contributed by atoms with Crippen LogP contribution in [-0.4, -0.2) is 36.4 Å². The first-order valence-electron chi connectivity index (χ1n) is 11.1. The molecule has 35 heavy (non-hydrogen) atoms. The van der Waals surface area contributed by atoms with E-state index in [0.29, 0.717) is 39.4 Å². The van der Waals surface area contributed by atoms with Crippen LogP contribution in [0.25, 0.3) is 0 Å². The van der Waals surface area contributed by atoms with Gasteiger partial charge >= 0.3 is 5.97 Å². The number of rotatable bonds is 3. The van der Waals surface area contributed by atoms with Crippen molar-refractivity contribution in [3.8, 4) is 0 Å². The second-order valence-electron chi connectivity index (χ2n) is 8.43. The summed E-state index contributed by atoms with van der Waals surface area (Å²) in [6.45, 7) is 1.95. The first-order chi connectivity index (χ1) is 16.9. The van der Waals surface area contributed by atoms with E-state index in [1.807, 2.05) is 31.2 Å². The molecule has 0 unspecified atom stereocenters. The summed E-state index contributed by atoms with van der Waals surface area (Å²) < 4.78 is 6.01. The molecule has 2 aliphatic heterocycles. The molecule has 0 spiro atoms. The molecule has 5 rings (SSSR count). The lowest BCUT2D eigenvalue weighted by Gasteiger charge is -2.35. The summed E-state index contributed by atoms with van der Waals surface area (Å²) >= 11 is 9.38. The summed E-state index contributed by atoms with van der Waals surface area (Å²) in [6, 6.07) is 14.6. The Morgan fingerprint density at radius 2 is 1.66 bits per heavy atom. The van der Waals surface area contributed by atoms with Crippen LogP contribution in [-0.2, 0) is 19.1 Å². The smallest absolute Gasteiger partial charge is 0.334 e. The number of halogens is 1. The van der Waals surface area contributed by atoms with Crippen LogP contribution in [0.4, 0.5) is 5.69 Å². The fraction of sp³-hybridized carbons (Fsp3) is 0.222. The van der Waals surface area contributed by atoms with Crippen molar-refractivity contribution in [2.24, 2.45) is 0 Å². The Labute approximate surface area is 217 Å². The topological polar surface area (TPSA) is 63.7 Å². The number of nitrogens with zero attached hydrogens (tertiary/aromatic N) is 1. The van der Waals surface area contributed by atoms with Crippen molar-refractivity contribution in [1.82, 2.24) is 0 Å². The van der Waals surface area contributed by atoms with E-state index in [2.05, 4.69) is 0 Å². The lowest BCUT2D eigenvalue weighted by molar-refractivity contribution is -0.136. The average Bonchev–Trinajstić information content (AvgIpc) is 3.39.